The van der Waals surface area contributed by atoms with Crippen molar-refractivity contribution in [3.8, 4) is 0 Å². The second-order valence-corrected chi connectivity index (χ2v) is 4.25. The van der Waals surface area contributed by atoms with Crippen molar-refractivity contribution in [1.29, 1.82) is 0 Å². The average molecular weight is 255 g/mol. The van der Waals surface area contributed by atoms with Crippen molar-refractivity contribution >= 4 is 11.9 Å². The number of nitrogens with one attached hydrogen (secondary N) is 1. The highest BCUT2D eigenvalue weighted by Crippen LogP contribution is 2.38. The molecule has 2 unspecified atom stereocenters. The number of rotatable bonds is 4. The maximum Gasteiger partial charge on any atom is 0.307 e. The fourth-order valence-electron chi connectivity index (χ4n) is 1.73. The summed E-state index contributed by atoms with van der Waals surface area (Å²) in [6.45, 7) is 0.0544. The molecule has 0 aliphatic heterocycles. The summed E-state index contributed by atoms with van der Waals surface area (Å²) in [6.07, 6.45) is 0.332. The van der Waals surface area contributed by atoms with Crippen LogP contribution in [0.15, 0.2) is 18.2 Å². The SMILES string of the molecule is O=C(O)C1CC1C(=O)NCc1ccc(F)c(F)c1. The Morgan fingerprint density at radius 3 is 2.56 bits per heavy atom. The van der Waals surface area contributed by atoms with Gasteiger partial charge in [-0.3, -0.25) is 9.59 Å². The molecule has 2 atom stereocenters. The molecule has 96 valence electrons. The predicted octanol–water partition coefficient (Wildman–Crippen LogP) is 1.30. The first-order valence-electron chi connectivity index (χ1n) is 5.43. The lowest BCUT2D eigenvalue weighted by Crippen LogP contribution is -2.26. The lowest BCUT2D eigenvalue weighted by atomic mass is 10.2. The third kappa shape index (κ3) is 2.64. The minimum Gasteiger partial charge on any atom is -0.481 e. The van der Waals surface area contributed by atoms with E-state index in [0.29, 0.717) is 12.0 Å². The topological polar surface area (TPSA) is 66.4 Å². The zero-order chi connectivity index (χ0) is 13.3. The van der Waals surface area contributed by atoms with Crippen LogP contribution in [0.2, 0.25) is 0 Å². The van der Waals surface area contributed by atoms with E-state index in [1.165, 1.54) is 6.07 Å². The molecule has 1 aromatic rings. The van der Waals surface area contributed by atoms with E-state index >= 15 is 0 Å². The van der Waals surface area contributed by atoms with E-state index in [-0.39, 0.29) is 12.5 Å². The van der Waals surface area contributed by atoms with Crippen molar-refractivity contribution in [1.82, 2.24) is 5.32 Å². The molecule has 2 N–H and O–H groups in total. The Morgan fingerprint density at radius 1 is 1.28 bits per heavy atom. The molecule has 6 heteroatoms. The van der Waals surface area contributed by atoms with Gasteiger partial charge in [0.25, 0.3) is 0 Å². The first-order chi connectivity index (χ1) is 8.49. The number of carboxylic acid groups (broad SMARTS) is 1. The van der Waals surface area contributed by atoms with Crippen LogP contribution in [-0.4, -0.2) is 17.0 Å². The molecular weight excluding hydrogens is 244 g/mol. The van der Waals surface area contributed by atoms with Crippen molar-refractivity contribution < 1.29 is 23.5 Å². The normalized spacial score (nSPS) is 21.4. The summed E-state index contributed by atoms with van der Waals surface area (Å²) >= 11 is 0. The van der Waals surface area contributed by atoms with Crippen LogP contribution in [0.5, 0.6) is 0 Å². The summed E-state index contributed by atoms with van der Waals surface area (Å²) in [4.78, 5) is 22.1. The van der Waals surface area contributed by atoms with Gasteiger partial charge in [-0.25, -0.2) is 8.78 Å². The van der Waals surface area contributed by atoms with E-state index < -0.39 is 29.4 Å². The third-order valence-corrected chi connectivity index (χ3v) is 2.90. The number of benzene rings is 1. The molecule has 4 nitrogen and oxygen atoms in total. The molecule has 0 spiro atoms. The van der Waals surface area contributed by atoms with E-state index in [2.05, 4.69) is 5.32 Å². The number of carboxylic acids is 1. The standard InChI is InChI=1S/C12H11F2NO3/c13-9-2-1-6(3-10(9)14)5-15-11(16)7-4-8(7)12(17)18/h1-3,7-8H,4-5H2,(H,15,16)(H,17,18). The van der Waals surface area contributed by atoms with E-state index in [1.807, 2.05) is 0 Å². The fourth-order valence-corrected chi connectivity index (χ4v) is 1.73. The molecule has 1 saturated carbocycles. The van der Waals surface area contributed by atoms with Crippen molar-refractivity contribution in [2.75, 3.05) is 0 Å². The van der Waals surface area contributed by atoms with Crippen LogP contribution in [-0.2, 0) is 16.1 Å². The molecule has 0 aromatic heterocycles. The van der Waals surface area contributed by atoms with E-state index in [4.69, 9.17) is 5.11 Å². The first kappa shape index (κ1) is 12.5. The first-order valence-corrected chi connectivity index (χ1v) is 5.43. The quantitative estimate of drug-likeness (QED) is 0.852. The Labute approximate surface area is 102 Å². The van der Waals surface area contributed by atoms with Crippen molar-refractivity contribution in [2.45, 2.75) is 13.0 Å². The number of hydrogen-bond acceptors (Lipinski definition) is 2. The van der Waals surface area contributed by atoms with Crippen molar-refractivity contribution in [3.05, 3.63) is 35.4 Å². The lowest BCUT2D eigenvalue weighted by molar-refractivity contribution is -0.140. The van der Waals surface area contributed by atoms with Crippen LogP contribution < -0.4 is 5.32 Å². The highest BCUT2D eigenvalue weighted by Gasteiger charge is 2.48. The minimum atomic E-state index is -0.983. The van der Waals surface area contributed by atoms with Gasteiger partial charge in [0, 0.05) is 6.54 Å². The van der Waals surface area contributed by atoms with Crippen LogP contribution in [0.25, 0.3) is 0 Å². The Morgan fingerprint density at radius 2 is 2.00 bits per heavy atom. The van der Waals surface area contributed by atoms with Gasteiger partial charge < -0.3 is 10.4 Å². The Hall–Kier alpha value is -1.98. The summed E-state index contributed by atoms with van der Waals surface area (Å²) in [5.74, 6) is -4.40. The number of amides is 1. The number of aliphatic carboxylic acids is 1. The highest BCUT2D eigenvalue weighted by molar-refractivity contribution is 5.89. The molecule has 0 radical (unpaired) electrons. The van der Waals surface area contributed by atoms with Crippen LogP contribution in [0.1, 0.15) is 12.0 Å². The summed E-state index contributed by atoms with van der Waals surface area (Å²) in [5, 5.41) is 11.2. The number of halogens is 2. The second-order valence-electron chi connectivity index (χ2n) is 4.25. The Balaban J connectivity index is 1.87. The molecule has 1 amide bonds. The molecule has 1 aliphatic rings. The molecule has 1 fully saturated rings. The number of carbonyl (C=O) groups excluding carboxylic acids is 1. The fraction of sp³-hybridized carbons (Fsp3) is 0.333. The van der Waals surface area contributed by atoms with Gasteiger partial charge in [-0.15, -0.1) is 0 Å². The maximum atomic E-state index is 12.9. The lowest BCUT2D eigenvalue weighted by Gasteiger charge is -2.05. The largest absolute Gasteiger partial charge is 0.481 e. The molecular formula is C12H11F2NO3. The number of carbonyl (C=O) groups is 2. The molecule has 1 aliphatic carbocycles. The monoisotopic (exact) mass is 255 g/mol. The van der Waals surface area contributed by atoms with Gasteiger partial charge in [0.2, 0.25) is 5.91 Å². The van der Waals surface area contributed by atoms with Gasteiger partial charge in [-0.05, 0) is 24.1 Å². The summed E-state index contributed by atoms with van der Waals surface area (Å²) < 4.78 is 25.5. The smallest absolute Gasteiger partial charge is 0.307 e. The van der Waals surface area contributed by atoms with Crippen LogP contribution in [0.3, 0.4) is 0 Å². The maximum absolute atomic E-state index is 12.9. The molecule has 0 heterocycles. The van der Waals surface area contributed by atoms with Crippen LogP contribution >= 0.6 is 0 Å². The summed E-state index contributed by atoms with van der Waals surface area (Å²) in [6, 6.07) is 3.34. The Bertz CT molecular complexity index is 504. The Kier molecular flexibility index (Phi) is 3.27. The van der Waals surface area contributed by atoms with Crippen molar-refractivity contribution in [2.24, 2.45) is 11.8 Å². The van der Waals surface area contributed by atoms with Crippen LogP contribution in [0.4, 0.5) is 8.78 Å². The number of hydrogen-bond donors (Lipinski definition) is 2. The van der Waals surface area contributed by atoms with E-state index in [0.717, 1.165) is 12.1 Å². The summed E-state index contributed by atoms with van der Waals surface area (Å²) in [5.41, 5.74) is 0.426. The van der Waals surface area contributed by atoms with Gasteiger partial charge in [0.1, 0.15) is 0 Å². The molecule has 0 saturated heterocycles. The van der Waals surface area contributed by atoms with Gasteiger partial charge in [-0.1, -0.05) is 6.07 Å². The predicted molar refractivity (Wildman–Crippen MR) is 57.4 cm³/mol. The van der Waals surface area contributed by atoms with Crippen LogP contribution in [0, 0.1) is 23.5 Å². The van der Waals surface area contributed by atoms with Gasteiger partial charge >= 0.3 is 5.97 Å². The zero-order valence-corrected chi connectivity index (χ0v) is 9.32. The van der Waals surface area contributed by atoms with E-state index in [1.54, 1.807) is 0 Å². The van der Waals surface area contributed by atoms with Gasteiger partial charge in [0.15, 0.2) is 11.6 Å². The molecule has 18 heavy (non-hydrogen) atoms. The minimum absolute atomic E-state index is 0.0544. The third-order valence-electron chi connectivity index (χ3n) is 2.90. The molecule has 0 bridgehead atoms. The second kappa shape index (κ2) is 4.72. The van der Waals surface area contributed by atoms with E-state index in [9.17, 15) is 18.4 Å². The van der Waals surface area contributed by atoms with Crippen molar-refractivity contribution in [3.63, 3.8) is 0 Å². The van der Waals surface area contributed by atoms with Gasteiger partial charge in [0.05, 0.1) is 11.8 Å². The summed E-state index contributed by atoms with van der Waals surface area (Å²) in [7, 11) is 0. The average Bonchev–Trinajstić information content (AvgIpc) is 3.10. The molecule has 1 aromatic carbocycles. The highest BCUT2D eigenvalue weighted by atomic mass is 19.2. The van der Waals surface area contributed by atoms with Gasteiger partial charge in [-0.2, -0.15) is 0 Å². The molecule has 2 rings (SSSR count). The zero-order valence-electron chi connectivity index (χ0n) is 9.32.